The number of ether oxygens (including phenoxy) is 1. The number of pyridine rings is 1. The molecule has 1 atom stereocenters. The minimum absolute atomic E-state index is 0.0602. The van der Waals surface area contributed by atoms with Crippen LogP contribution in [-0.4, -0.2) is 29.1 Å². The van der Waals surface area contributed by atoms with E-state index in [1.54, 1.807) is 13.0 Å². The van der Waals surface area contributed by atoms with Crippen molar-refractivity contribution < 1.29 is 18.8 Å². The number of methoxy groups -OCH3 is 1. The van der Waals surface area contributed by atoms with Crippen LogP contribution >= 0.6 is 11.3 Å². The first-order valence-electron chi connectivity index (χ1n) is 7.21. The summed E-state index contributed by atoms with van der Waals surface area (Å²) in [6.07, 6.45) is 1.48. The third-order valence-corrected chi connectivity index (χ3v) is 4.55. The summed E-state index contributed by atoms with van der Waals surface area (Å²) in [6.45, 7) is 1.78. The number of nitrogens with zero attached hydrogens (tertiary/aromatic N) is 2. The van der Waals surface area contributed by atoms with Gasteiger partial charge >= 0.3 is 5.97 Å². The van der Waals surface area contributed by atoms with Gasteiger partial charge < -0.3 is 14.6 Å². The van der Waals surface area contributed by atoms with Crippen molar-refractivity contribution in [1.29, 1.82) is 0 Å². The van der Waals surface area contributed by atoms with Gasteiger partial charge in [-0.25, -0.2) is 4.98 Å². The molecule has 3 aromatic heterocycles. The summed E-state index contributed by atoms with van der Waals surface area (Å²) < 4.78 is 9.75. The molecule has 0 aromatic carbocycles. The van der Waals surface area contributed by atoms with Crippen LogP contribution in [0.5, 0.6) is 0 Å². The number of aromatic nitrogens is 2. The fraction of sp³-hybridized carbons (Fsp3) is 0.250. The highest BCUT2D eigenvalue weighted by Gasteiger charge is 2.21. The number of carbonyl (C=O) groups excluding carboxylic acids is 2. The van der Waals surface area contributed by atoms with E-state index in [9.17, 15) is 9.59 Å². The van der Waals surface area contributed by atoms with E-state index in [0.29, 0.717) is 22.4 Å². The van der Waals surface area contributed by atoms with Crippen LogP contribution in [0, 0.1) is 6.92 Å². The fourth-order valence-corrected chi connectivity index (χ4v) is 3.05. The maximum atomic E-state index is 12.5. The number of aryl methyl sites for hydroxylation is 1. The smallest absolute Gasteiger partial charge is 0.307 e. The number of hydrogen-bond acceptors (Lipinski definition) is 7. The van der Waals surface area contributed by atoms with Gasteiger partial charge in [0, 0.05) is 11.1 Å². The molecule has 0 aliphatic rings. The number of hydrogen-bond donors (Lipinski definition) is 1. The van der Waals surface area contributed by atoms with E-state index in [1.807, 2.05) is 17.5 Å². The molecular weight excluding hydrogens is 330 g/mol. The molecule has 1 N–H and O–H groups in total. The Morgan fingerprint density at radius 2 is 2.29 bits per heavy atom. The fourth-order valence-electron chi connectivity index (χ4n) is 2.27. The Morgan fingerprint density at radius 1 is 1.46 bits per heavy atom. The molecule has 0 spiro atoms. The third-order valence-electron chi connectivity index (χ3n) is 3.56. The summed E-state index contributed by atoms with van der Waals surface area (Å²) in [4.78, 5) is 29.1. The first-order valence-corrected chi connectivity index (χ1v) is 8.09. The monoisotopic (exact) mass is 345 g/mol. The van der Waals surface area contributed by atoms with Crippen LogP contribution in [-0.2, 0) is 9.53 Å². The molecule has 3 rings (SSSR count). The Labute approximate surface area is 141 Å². The van der Waals surface area contributed by atoms with Crippen molar-refractivity contribution in [1.82, 2.24) is 15.5 Å². The molecule has 7 nitrogen and oxygen atoms in total. The van der Waals surface area contributed by atoms with E-state index in [-0.39, 0.29) is 12.3 Å². The number of esters is 1. The molecule has 0 saturated carbocycles. The van der Waals surface area contributed by atoms with Crippen LogP contribution in [0.3, 0.4) is 0 Å². The summed E-state index contributed by atoms with van der Waals surface area (Å²) in [5.41, 5.74) is 1.42. The molecule has 0 aliphatic carbocycles. The zero-order valence-corrected chi connectivity index (χ0v) is 13.9. The van der Waals surface area contributed by atoms with Crippen LogP contribution in [0.1, 0.15) is 33.4 Å². The molecule has 0 aliphatic heterocycles. The number of rotatable bonds is 5. The van der Waals surface area contributed by atoms with Crippen LogP contribution < -0.4 is 5.32 Å². The Hall–Kier alpha value is -2.74. The Kier molecular flexibility index (Phi) is 4.57. The second-order valence-corrected chi connectivity index (χ2v) is 6.15. The number of carbonyl (C=O) groups is 2. The second-order valence-electron chi connectivity index (χ2n) is 5.17. The van der Waals surface area contributed by atoms with Crippen molar-refractivity contribution in [3.05, 3.63) is 45.9 Å². The van der Waals surface area contributed by atoms with Crippen LogP contribution in [0.15, 0.2) is 34.3 Å². The molecular formula is C16H15N3O4S. The molecule has 0 saturated heterocycles. The number of amides is 1. The van der Waals surface area contributed by atoms with Gasteiger partial charge in [-0.05, 0) is 24.4 Å². The molecule has 8 heteroatoms. The molecule has 0 unspecified atom stereocenters. The molecule has 3 aromatic rings. The SMILES string of the molecule is COC(=O)C[C@H](NC(=O)c1cnc2onc(C)c2c1)c1cccs1. The Balaban J connectivity index is 1.83. The van der Waals surface area contributed by atoms with Gasteiger partial charge in [-0.1, -0.05) is 11.2 Å². The normalized spacial score (nSPS) is 12.1. The van der Waals surface area contributed by atoms with E-state index in [1.165, 1.54) is 24.6 Å². The molecule has 0 fully saturated rings. The topological polar surface area (TPSA) is 94.3 Å². The van der Waals surface area contributed by atoms with E-state index in [4.69, 9.17) is 9.26 Å². The molecule has 1 amide bonds. The maximum Gasteiger partial charge on any atom is 0.307 e. The van der Waals surface area contributed by atoms with Crippen LogP contribution in [0.4, 0.5) is 0 Å². The molecule has 0 radical (unpaired) electrons. The number of fused-ring (bicyclic) bond motifs is 1. The highest BCUT2D eigenvalue weighted by Crippen LogP contribution is 2.23. The summed E-state index contributed by atoms with van der Waals surface area (Å²) in [7, 11) is 1.32. The largest absolute Gasteiger partial charge is 0.469 e. The summed E-state index contributed by atoms with van der Waals surface area (Å²) >= 11 is 1.46. The molecule has 3 heterocycles. The first-order chi connectivity index (χ1) is 11.6. The van der Waals surface area contributed by atoms with Crippen molar-refractivity contribution in [2.45, 2.75) is 19.4 Å². The van der Waals surface area contributed by atoms with Gasteiger partial charge in [0.1, 0.15) is 0 Å². The van der Waals surface area contributed by atoms with E-state index in [0.717, 1.165) is 4.88 Å². The van der Waals surface area contributed by atoms with Crippen molar-refractivity contribution in [2.24, 2.45) is 0 Å². The molecule has 0 bridgehead atoms. The summed E-state index contributed by atoms with van der Waals surface area (Å²) in [5.74, 6) is -0.718. The van der Waals surface area contributed by atoms with Crippen molar-refractivity contribution >= 4 is 34.3 Å². The molecule has 124 valence electrons. The predicted molar refractivity (Wildman–Crippen MR) is 87.7 cm³/mol. The number of nitrogens with one attached hydrogen (secondary N) is 1. The lowest BCUT2D eigenvalue weighted by Crippen LogP contribution is -2.30. The lowest BCUT2D eigenvalue weighted by atomic mass is 10.1. The summed E-state index contributed by atoms with van der Waals surface area (Å²) in [5, 5.41) is 9.25. The average Bonchev–Trinajstić information content (AvgIpc) is 3.24. The average molecular weight is 345 g/mol. The highest BCUT2D eigenvalue weighted by molar-refractivity contribution is 7.10. The van der Waals surface area contributed by atoms with Gasteiger partial charge in [0.25, 0.3) is 11.6 Å². The zero-order valence-electron chi connectivity index (χ0n) is 13.1. The summed E-state index contributed by atoms with van der Waals surface area (Å²) in [6, 6.07) is 4.95. The van der Waals surface area contributed by atoms with Gasteiger partial charge in [-0.2, -0.15) is 0 Å². The van der Waals surface area contributed by atoms with Crippen molar-refractivity contribution in [2.75, 3.05) is 7.11 Å². The first kappa shape index (κ1) is 16.1. The highest BCUT2D eigenvalue weighted by atomic mass is 32.1. The quantitative estimate of drug-likeness (QED) is 0.714. The van der Waals surface area contributed by atoms with Crippen molar-refractivity contribution in [3.8, 4) is 0 Å². The molecule has 24 heavy (non-hydrogen) atoms. The second kappa shape index (κ2) is 6.79. The van der Waals surface area contributed by atoms with Gasteiger partial charge in [-0.3, -0.25) is 9.59 Å². The lowest BCUT2D eigenvalue weighted by molar-refractivity contribution is -0.141. The minimum atomic E-state index is -0.454. The standard InChI is InChI=1S/C16H15N3O4S/c1-9-11-6-10(8-17-16(11)23-19-9)15(21)18-12(7-14(20)22-2)13-4-3-5-24-13/h3-6,8,12H,7H2,1-2H3,(H,18,21)/t12-/m0/s1. The minimum Gasteiger partial charge on any atom is -0.469 e. The maximum absolute atomic E-state index is 12.5. The predicted octanol–water partition coefficient (Wildman–Crippen LogP) is 2.63. The van der Waals surface area contributed by atoms with E-state index >= 15 is 0 Å². The van der Waals surface area contributed by atoms with Gasteiger partial charge in [-0.15, -0.1) is 11.3 Å². The Bertz CT molecular complexity index is 873. The Morgan fingerprint density at radius 3 is 3.00 bits per heavy atom. The third kappa shape index (κ3) is 3.28. The van der Waals surface area contributed by atoms with Crippen LogP contribution in [0.25, 0.3) is 11.1 Å². The van der Waals surface area contributed by atoms with Crippen molar-refractivity contribution in [3.63, 3.8) is 0 Å². The van der Waals surface area contributed by atoms with Gasteiger partial charge in [0.2, 0.25) is 0 Å². The van der Waals surface area contributed by atoms with E-state index in [2.05, 4.69) is 15.5 Å². The van der Waals surface area contributed by atoms with Gasteiger partial charge in [0.15, 0.2) is 0 Å². The zero-order chi connectivity index (χ0) is 17.1. The van der Waals surface area contributed by atoms with Crippen LogP contribution in [0.2, 0.25) is 0 Å². The van der Waals surface area contributed by atoms with E-state index < -0.39 is 12.0 Å². The lowest BCUT2D eigenvalue weighted by Gasteiger charge is -2.16. The van der Waals surface area contributed by atoms with Gasteiger partial charge in [0.05, 0.1) is 36.2 Å². The number of thiophene rings is 1.